The van der Waals surface area contributed by atoms with E-state index in [0.717, 1.165) is 30.8 Å². The molecule has 1 aliphatic rings. The molecule has 1 fully saturated rings. The number of likely N-dealkylation sites (tertiary alicyclic amines) is 1. The number of H-pyrrole nitrogens is 1. The van der Waals surface area contributed by atoms with Gasteiger partial charge in [0.15, 0.2) is 0 Å². The molecule has 0 radical (unpaired) electrons. The predicted molar refractivity (Wildman–Crippen MR) is 110 cm³/mol. The molecular formula is C22H25N5O2. The Kier molecular flexibility index (Phi) is 5.46. The number of nitrogens with one attached hydrogen (secondary N) is 2. The Bertz CT molecular complexity index is 978. The molecule has 7 nitrogen and oxygen atoms in total. The maximum atomic E-state index is 12.8. The van der Waals surface area contributed by atoms with E-state index in [2.05, 4.69) is 10.3 Å². The fourth-order valence-corrected chi connectivity index (χ4v) is 3.86. The third kappa shape index (κ3) is 3.94. The van der Waals surface area contributed by atoms with E-state index in [9.17, 15) is 9.59 Å². The summed E-state index contributed by atoms with van der Waals surface area (Å²) >= 11 is 0. The van der Waals surface area contributed by atoms with Gasteiger partial charge in [-0.1, -0.05) is 18.2 Å². The topological polar surface area (TPSA) is 83.0 Å². The Labute approximate surface area is 169 Å². The summed E-state index contributed by atoms with van der Waals surface area (Å²) in [5.41, 5.74) is 2.90. The second-order valence-electron chi connectivity index (χ2n) is 7.26. The van der Waals surface area contributed by atoms with Gasteiger partial charge in [0.05, 0.1) is 22.5 Å². The Morgan fingerprint density at radius 3 is 2.79 bits per heavy atom. The molecule has 3 heterocycles. The molecule has 150 valence electrons. The van der Waals surface area contributed by atoms with Crippen molar-refractivity contribution in [2.45, 2.75) is 25.7 Å². The van der Waals surface area contributed by atoms with Crippen molar-refractivity contribution in [2.75, 3.05) is 19.6 Å². The third-order valence-electron chi connectivity index (χ3n) is 5.29. The average molecular weight is 391 g/mol. The largest absolute Gasteiger partial charge is 0.367 e. The van der Waals surface area contributed by atoms with E-state index in [1.165, 1.54) is 0 Å². The number of carbonyl (C=O) groups excluding carboxylic acids is 2. The quantitative estimate of drug-likeness (QED) is 0.701. The second kappa shape index (κ2) is 8.34. The van der Waals surface area contributed by atoms with E-state index >= 15 is 0 Å². The molecule has 4 rings (SSSR count). The van der Waals surface area contributed by atoms with Crippen LogP contribution in [-0.4, -0.2) is 51.1 Å². The third-order valence-corrected chi connectivity index (χ3v) is 5.29. The van der Waals surface area contributed by atoms with Crippen molar-refractivity contribution in [3.05, 3.63) is 71.8 Å². The van der Waals surface area contributed by atoms with Crippen molar-refractivity contribution in [3.8, 4) is 5.69 Å². The molecule has 2 amide bonds. The maximum absolute atomic E-state index is 12.8. The van der Waals surface area contributed by atoms with Crippen LogP contribution in [0.2, 0.25) is 0 Å². The van der Waals surface area contributed by atoms with Crippen LogP contribution in [0, 0.1) is 0 Å². The van der Waals surface area contributed by atoms with E-state index in [-0.39, 0.29) is 17.7 Å². The molecule has 2 N–H and O–H groups in total. The molecule has 2 aromatic heterocycles. The van der Waals surface area contributed by atoms with Gasteiger partial charge in [-0.05, 0) is 38.0 Å². The molecule has 0 spiro atoms. The summed E-state index contributed by atoms with van der Waals surface area (Å²) < 4.78 is 1.76. The van der Waals surface area contributed by atoms with Crippen LogP contribution < -0.4 is 5.32 Å². The lowest BCUT2D eigenvalue weighted by molar-refractivity contribution is 0.0706. The van der Waals surface area contributed by atoms with E-state index in [1.807, 2.05) is 42.2 Å². The van der Waals surface area contributed by atoms with Gasteiger partial charge in [0, 0.05) is 44.1 Å². The first kappa shape index (κ1) is 19.0. The van der Waals surface area contributed by atoms with Crippen LogP contribution >= 0.6 is 0 Å². The summed E-state index contributed by atoms with van der Waals surface area (Å²) in [6, 6.07) is 11.5. The molecule has 3 aromatic rings. The van der Waals surface area contributed by atoms with Crippen molar-refractivity contribution >= 4 is 11.8 Å². The zero-order valence-corrected chi connectivity index (χ0v) is 16.5. The number of nitrogens with zero attached hydrogens (tertiary/aromatic N) is 3. The van der Waals surface area contributed by atoms with Crippen LogP contribution in [-0.2, 0) is 0 Å². The standard InChI is InChI=1S/C22H25N5O2/c1-2-24-21(28)19-15-27(18-8-4-3-5-9-18)25-20(19)17-7-6-12-26(14-17)22(29)16-10-11-23-13-16/h3-5,8-11,13,15,17,23H,2,6-7,12,14H2,1H3,(H,24,28)/t17-/m1/s1. The SMILES string of the molecule is CCNC(=O)c1cn(-c2ccccc2)nc1[C@@H]1CCCN(C(=O)c2cc[nH]c2)C1. The first-order valence-corrected chi connectivity index (χ1v) is 10.0. The first-order valence-electron chi connectivity index (χ1n) is 10.0. The Morgan fingerprint density at radius 1 is 1.24 bits per heavy atom. The van der Waals surface area contributed by atoms with Gasteiger partial charge in [-0.3, -0.25) is 9.59 Å². The van der Waals surface area contributed by atoms with Gasteiger partial charge in [0.2, 0.25) is 0 Å². The minimum Gasteiger partial charge on any atom is -0.367 e. The number of hydrogen-bond donors (Lipinski definition) is 2. The predicted octanol–water partition coefficient (Wildman–Crippen LogP) is 2.97. The second-order valence-corrected chi connectivity index (χ2v) is 7.26. The zero-order chi connectivity index (χ0) is 20.2. The summed E-state index contributed by atoms with van der Waals surface area (Å²) in [5, 5.41) is 7.66. The van der Waals surface area contributed by atoms with Crippen molar-refractivity contribution < 1.29 is 9.59 Å². The number of benzene rings is 1. The highest BCUT2D eigenvalue weighted by Crippen LogP contribution is 2.30. The van der Waals surface area contributed by atoms with Gasteiger partial charge in [0.25, 0.3) is 11.8 Å². The fraction of sp³-hybridized carbons (Fsp3) is 0.318. The smallest absolute Gasteiger partial charge is 0.255 e. The van der Waals surface area contributed by atoms with Crippen LogP contribution in [0.25, 0.3) is 5.69 Å². The van der Waals surface area contributed by atoms with Gasteiger partial charge in [-0.25, -0.2) is 4.68 Å². The molecule has 0 aliphatic carbocycles. The van der Waals surface area contributed by atoms with Gasteiger partial charge in [-0.15, -0.1) is 0 Å². The lowest BCUT2D eigenvalue weighted by Gasteiger charge is -2.32. The first-order chi connectivity index (χ1) is 14.2. The van der Waals surface area contributed by atoms with Gasteiger partial charge in [-0.2, -0.15) is 5.10 Å². The number of carbonyl (C=O) groups is 2. The van der Waals surface area contributed by atoms with Crippen LogP contribution in [0.1, 0.15) is 52.1 Å². The maximum Gasteiger partial charge on any atom is 0.255 e. The van der Waals surface area contributed by atoms with Crippen molar-refractivity contribution in [1.29, 1.82) is 0 Å². The molecule has 0 saturated carbocycles. The van der Waals surface area contributed by atoms with Crippen molar-refractivity contribution in [2.24, 2.45) is 0 Å². The normalized spacial score (nSPS) is 16.6. The molecule has 1 aliphatic heterocycles. The lowest BCUT2D eigenvalue weighted by atomic mass is 9.92. The number of piperidine rings is 1. The van der Waals surface area contributed by atoms with Gasteiger partial charge in [0.1, 0.15) is 0 Å². The summed E-state index contributed by atoms with van der Waals surface area (Å²) in [6.07, 6.45) is 7.05. The fourth-order valence-electron chi connectivity index (χ4n) is 3.86. The zero-order valence-electron chi connectivity index (χ0n) is 16.5. The number of para-hydroxylation sites is 1. The van der Waals surface area contributed by atoms with E-state index < -0.39 is 0 Å². The monoisotopic (exact) mass is 391 g/mol. The molecule has 7 heteroatoms. The Morgan fingerprint density at radius 2 is 2.07 bits per heavy atom. The molecule has 0 unspecified atom stereocenters. The van der Waals surface area contributed by atoms with Crippen molar-refractivity contribution in [1.82, 2.24) is 25.0 Å². The van der Waals surface area contributed by atoms with Gasteiger partial charge < -0.3 is 15.2 Å². The Balaban J connectivity index is 1.64. The number of amides is 2. The summed E-state index contributed by atoms with van der Waals surface area (Å²) in [4.78, 5) is 30.3. The van der Waals surface area contributed by atoms with Crippen LogP contribution in [0.3, 0.4) is 0 Å². The van der Waals surface area contributed by atoms with Crippen LogP contribution in [0.4, 0.5) is 0 Å². The highest BCUT2D eigenvalue weighted by atomic mass is 16.2. The van der Waals surface area contributed by atoms with Crippen LogP contribution in [0.5, 0.6) is 0 Å². The minimum atomic E-state index is -0.126. The number of aromatic nitrogens is 3. The molecule has 1 aromatic carbocycles. The summed E-state index contributed by atoms with van der Waals surface area (Å²) in [7, 11) is 0. The Hall–Kier alpha value is -3.35. The molecule has 0 bridgehead atoms. The van der Waals surface area contributed by atoms with Crippen LogP contribution in [0.15, 0.2) is 55.0 Å². The van der Waals surface area contributed by atoms with E-state index in [0.29, 0.717) is 24.2 Å². The van der Waals surface area contributed by atoms with E-state index in [1.54, 1.807) is 29.3 Å². The minimum absolute atomic E-state index is 0.0120. The average Bonchev–Trinajstić information content (AvgIpc) is 3.44. The lowest BCUT2D eigenvalue weighted by Crippen LogP contribution is -2.39. The highest BCUT2D eigenvalue weighted by molar-refractivity contribution is 5.96. The number of hydrogen-bond acceptors (Lipinski definition) is 3. The van der Waals surface area contributed by atoms with Gasteiger partial charge >= 0.3 is 0 Å². The molecular weight excluding hydrogens is 366 g/mol. The number of aromatic amines is 1. The van der Waals surface area contributed by atoms with E-state index in [4.69, 9.17) is 5.10 Å². The number of rotatable bonds is 5. The molecule has 1 atom stereocenters. The highest BCUT2D eigenvalue weighted by Gasteiger charge is 2.30. The molecule has 1 saturated heterocycles. The molecule has 29 heavy (non-hydrogen) atoms. The summed E-state index contributed by atoms with van der Waals surface area (Å²) in [5.74, 6) is -0.0917. The van der Waals surface area contributed by atoms with Crippen molar-refractivity contribution in [3.63, 3.8) is 0 Å². The summed E-state index contributed by atoms with van der Waals surface area (Å²) in [6.45, 7) is 3.73.